The van der Waals surface area contributed by atoms with Gasteiger partial charge < -0.3 is 5.73 Å². The molecule has 1 aliphatic rings. The van der Waals surface area contributed by atoms with Crippen molar-refractivity contribution in [2.24, 2.45) is 5.73 Å². The third-order valence-electron chi connectivity index (χ3n) is 3.14. The normalized spacial score (nSPS) is 18.3. The predicted octanol–water partition coefficient (Wildman–Crippen LogP) is 2.89. The van der Waals surface area contributed by atoms with Gasteiger partial charge in [0.2, 0.25) is 0 Å². The zero-order chi connectivity index (χ0) is 10.3. The molecule has 76 valence electrons. The van der Waals surface area contributed by atoms with Crippen LogP contribution in [0.5, 0.6) is 0 Å². The van der Waals surface area contributed by atoms with E-state index in [4.69, 9.17) is 5.73 Å². The molecule has 1 aromatic rings. The molecule has 0 amide bonds. The molecule has 1 nitrogen and oxygen atoms in total. The van der Waals surface area contributed by atoms with Gasteiger partial charge >= 0.3 is 0 Å². The maximum absolute atomic E-state index is 13.9. The van der Waals surface area contributed by atoms with Crippen molar-refractivity contribution in [2.45, 2.75) is 25.2 Å². The summed E-state index contributed by atoms with van der Waals surface area (Å²) in [6.45, 7) is 2.33. The Morgan fingerprint density at radius 1 is 1.50 bits per heavy atom. The third kappa shape index (κ3) is 1.39. The van der Waals surface area contributed by atoms with Crippen molar-refractivity contribution < 1.29 is 4.39 Å². The van der Waals surface area contributed by atoms with Gasteiger partial charge in [0.05, 0.1) is 0 Å². The van der Waals surface area contributed by atoms with Crippen LogP contribution in [0.25, 0.3) is 0 Å². The summed E-state index contributed by atoms with van der Waals surface area (Å²) in [4.78, 5) is 0. The number of hydrogen-bond acceptors (Lipinski definition) is 1. The molecule has 0 saturated heterocycles. The second-order valence-corrected chi connectivity index (χ2v) is 4.87. The predicted molar refractivity (Wildman–Crippen MR) is 58.8 cm³/mol. The fourth-order valence-corrected chi connectivity index (χ4v) is 2.11. The summed E-state index contributed by atoms with van der Waals surface area (Å²) >= 11 is 3.32. The summed E-state index contributed by atoms with van der Waals surface area (Å²) in [6.07, 6.45) is 2.03. The number of halogens is 2. The highest BCUT2D eigenvalue weighted by molar-refractivity contribution is 9.10. The van der Waals surface area contributed by atoms with Crippen molar-refractivity contribution in [2.75, 3.05) is 6.54 Å². The van der Waals surface area contributed by atoms with Crippen molar-refractivity contribution in [3.8, 4) is 0 Å². The lowest BCUT2D eigenvalue weighted by molar-refractivity contribution is 0.565. The molecule has 0 heterocycles. The molecule has 3 heteroatoms. The van der Waals surface area contributed by atoms with Gasteiger partial charge in [-0.15, -0.1) is 0 Å². The van der Waals surface area contributed by atoms with Crippen molar-refractivity contribution in [1.82, 2.24) is 0 Å². The molecule has 0 aliphatic heterocycles. The highest BCUT2D eigenvalue weighted by Crippen LogP contribution is 2.48. The van der Waals surface area contributed by atoms with Crippen molar-refractivity contribution in [3.05, 3.63) is 33.5 Å². The number of hydrogen-bond donors (Lipinski definition) is 1. The summed E-state index contributed by atoms with van der Waals surface area (Å²) in [5.74, 6) is -0.0951. The molecule has 0 spiro atoms. The molecule has 2 rings (SSSR count). The molecule has 1 fully saturated rings. The van der Waals surface area contributed by atoms with E-state index in [0.29, 0.717) is 12.1 Å². The maximum atomic E-state index is 13.9. The SMILES string of the molecule is Cc1c(Br)ccc(C2(CN)CC2)c1F. The van der Waals surface area contributed by atoms with Crippen LogP contribution in [0.4, 0.5) is 4.39 Å². The standard InChI is InChI=1S/C11H13BrFN/c1-7-9(12)3-2-8(10(7)13)11(6-14)4-5-11/h2-3H,4-6,14H2,1H3. The van der Waals surface area contributed by atoms with Gasteiger partial charge in [0.25, 0.3) is 0 Å². The number of benzene rings is 1. The Balaban J connectivity index is 2.50. The van der Waals surface area contributed by atoms with Gasteiger partial charge in [-0.2, -0.15) is 0 Å². The smallest absolute Gasteiger partial charge is 0.131 e. The Morgan fingerprint density at radius 2 is 2.14 bits per heavy atom. The average molecular weight is 258 g/mol. The molecule has 14 heavy (non-hydrogen) atoms. The van der Waals surface area contributed by atoms with Crippen LogP contribution >= 0.6 is 15.9 Å². The molecule has 2 N–H and O–H groups in total. The van der Waals surface area contributed by atoms with Gasteiger partial charge in [-0.1, -0.05) is 22.0 Å². The van der Waals surface area contributed by atoms with E-state index in [2.05, 4.69) is 15.9 Å². The summed E-state index contributed by atoms with van der Waals surface area (Å²) < 4.78 is 14.7. The third-order valence-corrected chi connectivity index (χ3v) is 3.99. The summed E-state index contributed by atoms with van der Waals surface area (Å²) in [5, 5.41) is 0. The van der Waals surface area contributed by atoms with Gasteiger partial charge in [-0.05, 0) is 37.0 Å². The summed E-state index contributed by atoms with van der Waals surface area (Å²) in [6, 6.07) is 3.76. The minimum atomic E-state index is -0.0951. The van der Waals surface area contributed by atoms with Gasteiger partial charge in [0.15, 0.2) is 0 Å². The second kappa shape index (κ2) is 3.31. The molecule has 1 aromatic carbocycles. The van der Waals surface area contributed by atoms with E-state index in [0.717, 1.165) is 22.9 Å². The van der Waals surface area contributed by atoms with Crippen LogP contribution in [0, 0.1) is 12.7 Å². The first-order valence-corrected chi connectivity index (χ1v) is 5.55. The average Bonchev–Trinajstić information content (AvgIpc) is 2.95. The Hall–Kier alpha value is -0.410. The lowest BCUT2D eigenvalue weighted by Gasteiger charge is -2.15. The first kappa shape index (κ1) is 10.1. The largest absolute Gasteiger partial charge is 0.330 e. The van der Waals surface area contributed by atoms with Crippen LogP contribution in [-0.2, 0) is 5.41 Å². The topological polar surface area (TPSA) is 26.0 Å². The summed E-state index contributed by atoms with van der Waals surface area (Å²) in [5.41, 5.74) is 7.09. The van der Waals surface area contributed by atoms with E-state index >= 15 is 0 Å². The van der Waals surface area contributed by atoms with Crippen LogP contribution in [-0.4, -0.2) is 6.54 Å². The van der Waals surface area contributed by atoms with E-state index in [-0.39, 0.29) is 11.2 Å². The van der Waals surface area contributed by atoms with Gasteiger partial charge in [-0.3, -0.25) is 0 Å². The van der Waals surface area contributed by atoms with Gasteiger partial charge in [0.1, 0.15) is 5.82 Å². The Morgan fingerprint density at radius 3 is 2.64 bits per heavy atom. The molecule has 0 aromatic heterocycles. The maximum Gasteiger partial charge on any atom is 0.131 e. The second-order valence-electron chi connectivity index (χ2n) is 4.02. The van der Waals surface area contributed by atoms with E-state index in [1.54, 1.807) is 6.92 Å². The molecule has 0 bridgehead atoms. The molecule has 0 radical (unpaired) electrons. The lowest BCUT2D eigenvalue weighted by Crippen LogP contribution is -2.21. The van der Waals surface area contributed by atoms with Gasteiger partial charge in [-0.25, -0.2) is 4.39 Å². The van der Waals surface area contributed by atoms with Crippen molar-refractivity contribution in [1.29, 1.82) is 0 Å². The Bertz CT molecular complexity index is 372. The first-order chi connectivity index (χ1) is 6.60. The molecular formula is C11H13BrFN. The Kier molecular flexibility index (Phi) is 2.40. The highest BCUT2D eigenvalue weighted by Gasteiger charge is 2.44. The molecule has 1 aliphatic carbocycles. The zero-order valence-electron chi connectivity index (χ0n) is 8.11. The minimum Gasteiger partial charge on any atom is -0.330 e. The first-order valence-electron chi connectivity index (χ1n) is 4.76. The number of rotatable bonds is 2. The Labute approximate surface area is 91.6 Å². The molecule has 1 saturated carbocycles. The molecule has 0 atom stereocenters. The van der Waals surface area contributed by atoms with E-state index in [1.807, 2.05) is 12.1 Å². The number of nitrogens with two attached hydrogens (primary N) is 1. The zero-order valence-corrected chi connectivity index (χ0v) is 9.70. The van der Waals surface area contributed by atoms with Crippen LogP contribution in [0.15, 0.2) is 16.6 Å². The fraction of sp³-hybridized carbons (Fsp3) is 0.455. The monoisotopic (exact) mass is 257 g/mol. The van der Waals surface area contributed by atoms with Crippen molar-refractivity contribution in [3.63, 3.8) is 0 Å². The van der Waals surface area contributed by atoms with Crippen LogP contribution in [0.3, 0.4) is 0 Å². The van der Waals surface area contributed by atoms with Crippen LogP contribution in [0.2, 0.25) is 0 Å². The fourth-order valence-electron chi connectivity index (χ4n) is 1.81. The van der Waals surface area contributed by atoms with Crippen molar-refractivity contribution >= 4 is 15.9 Å². The van der Waals surface area contributed by atoms with Crippen LogP contribution < -0.4 is 5.73 Å². The van der Waals surface area contributed by atoms with E-state index < -0.39 is 0 Å². The molecular weight excluding hydrogens is 245 g/mol. The quantitative estimate of drug-likeness (QED) is 0.867. The lowest BCUT2D eigenvalue weighted by atomic mass is 9.94. The summed E-state index contributed by atoms with van der Waals surface area (Å²) in [7, 11) is 0. The van der Waals surface area contributed by atoms with E-state index in [1.165, 1.54) is 0 Å². The van der Waals surface area contributed by atoms with Crippen LogP contribution in [0.1, 0.15) is 24.0 Å². The molecule has 0 unspecified atom stereocenters. The van der Waals surface area contributed by atoms with Gasteiger partial charge in [0, 0.05) is 16.4 Å². The minimum absolute atomic E-state index is 0.0600. The highest BCUT2D eigenvalue weighted by atomic mass is 79.9. The van der Waals surface area contributed by atoms with E-state index in [9.17, 15) is 4.39 Å².